The first-order valence-electron chi connectivity index (χ1n) is 6.13. The van der Waals surface area contributed by atoms with E-state index in [0.717, 1.165) is 42.2 Å². The highest BCUT2D eigenvalue weighted by molar-refractivity contribution is 5.72. The average molecular weight is 231 g/mol. The molecule has 0 spiro atoms. The SMILES string of the molecule is CC(C)CNc1n[nH]c2c1CCc1occc1-2. The van der Waals surface area contributed by atoms with Gasteiger partial charge in [0.2, 0.25) is 0 Å². The van der Waals surface area contributed by atoms with E-state index in [1.165, 1.54) is 5.56 Å². The Kier molecular flexibility index (Phi) is 2.42. The molecule has 17 heavy (non-hydrogen) atoms. The summed E-state index contributed by atoms with van der Waals surface area (Å²) in [6.07, 6.45) is 3.71. The molecule has 2 aromatic heterocycles. The van der Waals surface area contributed by atoms with E-state index in [4.69, 9.17) is 4.42 Å². The van der Waals surface area contributed by atoms with E-state index >= 15 is 0 Å². The Labute approximate surface area is 100 Å². The van der Waals surface area contributed by atoms with Crippen LogP contribution in [-0.4, -0.2) is 16.7 Å². The summed E-state index contributed by atoms with van der Waals surface area (Å²) in [6.45, 7) is 5.34. The fourth-order valence-electron chi connectivity index (χ4n) is 2.27. The monoisotopic (exact) mass is 231 g/mol. The van der Waals surface area contributed by atoms with Crippen LogP contribution in [0.3, 0.4) is 0 Å². The first-order chi connectivity index (χ1) is 8.25. The molecule has 4 heteroatoms. The van der Waals surface area contributed by atoms with Crippen LogP contribution in [0.25, 0.3) is 11.3 Å². The molecule has 3 rings (SSSR count). The van der Waals surface area contributed by atoms with Crippen molar-refractivity contribution in [3.63, 3.8) is 0 Å². The van der Waals surface area contributed by atoms with E-state index in [0.29, 0.717) is 5.92 Å². The fourth-order valence-corrected chi connectivity index (χ4v) is 2.27. The first-order valence-corrected chi connectivity index (χ1v) is 6.13. The highest BCUT2D eigenvalue weighted by atomic mass is 16.3. The Hall–Kier alpha value is -1.71. The van der Waals surface area contributed by atoms with Crippen molar-refractivity contribution in [3.05, 3.63) is 23.7 Å². The number of rotatable bonds is 3. The lowest BCUT2D eigenvalue weighted by molar-refractivity contribution is 0.507. The molecule has 0 radical (unpaired) electrons. The molecule has 2 aromatic rings. The normalized spacial score (nSPS) is 13.6. The van der Waals surface area contributed by atoms with Gasteiger partial charge in [-0.15, -0.1) is 0 Å². The van der Waals surface area contributed by atoms with Crippen molar-refractivity contribution in [1.29, 1.82) is 0 Å². The minimum Gasteiger partial charge on any atom is -0.469 e. The van der Waals surface area contributed by atoms with Gasteiger partial charge in [0.15, 0.2) is 5.82 Å². The number of aryl methyl sites for hydroxylation is 1. The number of nitrogens with one attached hydrogen (secondary N) is 2. The second-order valence-corrected chi connectivity index (χ2v) is 4.96. The molecule has 0 bridgehead atoms. The van der Waals surface area contributed by atoms with Gasteiger partial charge in [-0.1, -0.05) is 13.8 Å². The molecule has 0 unspecified atom stereocenters. The summed E-state index contributed by atoms with van der Waals surface area (Å²) in [6, 6.07) is 2.01. The predicted octanol–water partition coefficient (Wildman–Crippen LogP) is 2.84. The predicted molar refractivity (Wildman–Crippen MR) is 67.0 cm³/mol. The highest BCUT2D eigenvalue weighted by Crippen LogP contribution is 2.35. The van der Waals surface area contributed by atoms with Crippen LogP contribution in [0, 0.1) is 5.92 Å². The summed E-state index contributed by atoms with van der Waals surface area (Å²) >= 11 is 0. The van der Waals surface area contributed by atoms with Gasteiger partial charge in [-0.25, -0.2) is 0 Å². The molecule has 0 aliphatic heterocycles. The zero-order valence-corrected chi connectivity index (χ0v) is 10.2. The molecule has 0 saturated carbocycles. The largest absolute Gasteiger partial charge is 0.469 e. The highest BCUT2D eigenvalue weighted by Gasteiger charge is 2.23. The van der Waals surface area contributed by atoms with Crippen molar-refractivity contribution >= 4 is 5.82 Å². The second kappa shape index (κ2) is 3.95. The van der Waals surface area contributed by atoms with Crippen molar-refractivity contribution in [1.82, 2.24) is 10.2 Å². The minimum atomic E-state index is 0.621. The van der Waals surface area contributed by atoms with E-state index in [1.54, 1.807) is 6.26 Å². The number of hydrogen-bond donors (Lipinski definition) is 2. The third kappa shape index (κ3) is 1.73. The van der Waals surface area contributed by atoms with Crippen LogP contribution >= 0.6 is 0 Å². The number of H-pyrrole nitrogens is 1. The van der Waals surface area contributed by atoms with Gasteiger partial charge in [0.25, 0.3) is 0 Å². The summed E-state index contributed by atoms with van der Waals surface area (Å²) in [5.74, 6) is 2.69. The van der Waals surface area contributed by atoms with Gasteiger partial charge in [0.1, 0.15) is 5.76 Å². The molecule has 0 atom stereocenters. The maximum atomic E-state index is 5.45. The molecular weight excluding hydrogens is 214 g/mol. The van der Waals surface area contributed by atoms with E-state index in [1.807, 2.05) is 6.07 Å². The first kappa shape index (κ1) is 10.4. The molecule has 2 heterocycles. The Morgan fingerprint density at radius 2 is 2.35 bits per heavy atom. The maximum Gasteiger partial charge on any atom is 0.151 e. The number of fused-ring (bicyclic) bond motifs is 3. The molecule has 1 aliphatic carbocycles. The third-order valence-corrected chi connectivity index (χ3v) is 3.16. The molecule has 1 aliphatic rings. The van der Waals surface area contributed by atoms with Crippen molar-refractivity contribution in [2.45, 2.75) is 26.7 Å². The molecule has 0 saturated heterocycles. The van der Waals surface area contributed by atoms with Crippen molar-refractivity contribution in [3.8, 4) is 11.3 Å². The number of aromatic nitrogens is 2. The zero-order chi connectivity index (χ0) is 11.8. The van der Waals surface area contributed by atoms with Crippen molar-refractivity contribution in [2.24, 2.45) is 5.92 Å². The molecular formula is C13H17N3O. The van der Waals surface area contributed by atoms with Crippen LogP contribution in [0.1, 0.15) is 25.2 Å². The molecule has 0 amide bonds. The van der Waals surface area contributed by atoms with E-state index in [9.17, 15) is 0 Å². The third-order valence-electron chi connectivity index (χ3n) is 3.16. The van der Waals surface area contributed by atoms with Gasteiger partial charge in [-0.05, 0) is 18.4 Å². The van der Waals surface area contributed by atoms with Gasteiger partial charge in [0, 0.05) is 24.1 Å². The van der Waals surface area contributed by atoms with E-state index < -0.39 is 0 Å². The number of hydrogen-bond acceptors (Lipinski definition) is 3. The van der Waals surface area contributed by atoms with Crippen LogP contribution < -0.4 is 5.32 Å². The van der Waals surface area contributed by atoms with Gasteiger partial charge in [-0.2, -0.15) is 5.10 Å². The molecule has 90 valence electrons. The Balaban J connectivity index is 1.92. The average Bonchev–Trinajstić information content (AvgIpc) is 2.91. The molecule has 4 nitrogen and oxygen atoms in total. The van der Waals surface area contributed by atoms with Crippen LogP contribution in [0.5, 0.6) is 0 Å². The smallest absolute Gasteiger partial charge is 0.151 e. The van der Waals surface area contributed by atoms with E-state index in [2.05, 4.69) is 29.4 Å². The van der Waals surface area contributed by atoms with E-state index in [-0.39, 0.29) is 0 Å². The lowest BCUT2D eigenvalue weighted by Gasteiger charge is -2.12. The van der Waals surface area contributed by atoms with Crippen molar-refractivity contribution in [2.75, 3.05) is 11.9 Å². The standard InChI is InChI=1S/C13H17N3O/c1-8(2)7-14-13-10-3-4-11-9(5-6-17-11)12(10)15-16-13/h5-6,8H,3-4,7H2,1-2H3,(H2,14,15,16). The number of anilines is 1. The zero-order valence-electron chi connectivity index (χ0n) is 10.2. The van der Waals surface area contributed by atoms with Crippen LogP contribution in [0.15, 0.2) is 16.7 Å². The summed E-state index contributed by atoms with van der Waals surface area (Å²) in [4.78, 5) is 0. The Bertz CT molecular complexity index is 525. The topological polar surface area (TPSA) is 53.9 Å². The summed E-state index contributed by atoms with van der Waals surface area (Å²) in [7, 11) is 0. The number of nitrogens with zero attached hydrogens (tertiary/aromatic N) is 1. The number of furan rings is 1. The lowest BCUT2D eigenvalue weighted by Crippen LogP contribution is -2.10. The Morgan fingerprint density at radius 3 is 3.18 bits per heavy atom. The van der Waals surface area contributed by atoms with Gasteiger partial charge in [-0.3, -0.25) is 5.10 Å². The summed E-state index contributed by atoms with van der Waals surface area (Å²) < 4.78 is 5.45. The lowest BCUT2D eigenvalue weighted by atomic mass is 9.96. The molecule has 0 aromatic carbocycles. The minimum absolute atomic E-state index is 0.621. The van der Waals surface area contributed by atoms with Crippen LogP contribution in [-0.2, 0) is 12.8 Å². The van der Waals surface area contributed by atoms with Crippen LogP contribution in [0.4, 0.5) is 5.82 Å². The van der Waals surface area contributed by atoms with Crippen LogP contribution in [0.2, 0.25) is 0 Å². The Morgan fingerprint density at radius 1 is 1.47 bits per heavy atom. The van der Waals surface area contributed by atoms with Gasteiger partial charge < -0.3 is 9.73 Å². The maximum absolute atomic E-state index is 5.45. The molecule has 0 fully saturated rings. The second-order valence-electron chi connectivity index (χ2n) is 4.96. The summed E-state index contributed by atoms with van der Waals surface area (Å²) in [5.41, 5.74) is 3.57. The van der Waals surface area contributed by atoms with Gasteiger partial charge in [0.05, 0.1) is 12.0 Å². The fraction of sp³-hybridized carbons (Fsp3) is 0.462. The summed E-state index contributed by atoms with van der Waals surface area (Å²) in [5, 5.41) is 10.9. The quantitative estimate of drug-likeness (QED) is 0.854. The van der Waals surface area contributed by atoms with Gasteiger partial charge >= 0.3 is 0 Å². The molecule has 2 N–H and O–H groups in total. The van der Waals surface area contributed by atoms with Crippen molar-refractivity contribution < 1.29 is 4.42 Å². The number of aromatic amines is 1.